The molecule has 2 aromatic carbocycles. The lowest BCUT2D eigenvalue weighted by Gasteiger charge is -2.15. The lowest BCUT2D eigenvalue weighted by Crippen LogP contribution is -2.03. The summed E-state index contributed by atoms with van der Waals surface area (Å²) in [4.78, 5) is 0. The van der Waals surface area contributed by atoms with Gasteiger partial charge in [-0.1, -0.05) is 30.3 Å². The molecule has 0 aliphatic heterocycles. The van der Waals surface area contributed by atoms with E-state index in [1.165, 1.54) is 6.07 Å². The van der Waals surface area contributed by atoms with Crippen molar-refractivity contribution >= 4 is 10.8 Å². The first kappa shape index (κ1) is 13.8. The van der Waals surface area contributed by atoms with Crippen molar-refractivity contribution in [1.29, 1.82) is 0 Å². The van der Waals surface area contributed by atoms with Crippen molar-refractivity contribution in [2.75, 3.05) is 0 Å². The molecular formula is C18H17FO2. The second-order valence-corrected chi connectivity index (χ2v) is 5.34. The number of furan rings is 1. The van der Waals surface area contributed by atoms with Crippen molar-refractivity contribution in [2.24, 2.45) is 0 Å². The van der Waals surface area contributed by atoms with E-state index in [2.05, 4.69) is 0 Å². The van der Waals surface area contributed by atoms with Crippen LogP contribution in [0.5, 0.6) is 0 Å². The predicted octanol–water partition coefficient (Wildman–Crippen LogP) is 4.58. The molecule has 1 atom stereocenters. The van der Waals surface area contributed by atoms with Crippen molar-refractivity contribution in [3.63, 3.8) is 0 Å². The van der Waals surface area contributed by atoms with E-state index in [0.29, 0.717) is 16.7 Å². The Labute approximate surface area is 122 Å². The zero-order chi connectivity index (χ0) is 15.1. The van der Waals surface area contributed by atoms with Gasteiger partial charge in [0.25, 0.3) is 0 Å². The fourth-order valence-electron chi connectivity index (χ4n) is 2.89. The Morgan fingerprint density at radius 3 is 2.24 bits per heavy atom. The molecule has 1 N–H and O–H groups in total. The molecule has 3 aromatic rings. The van der Waals surface area contributed by atoms with Crippen LogP contribution in [0.25, 0.3) is 10.8 Å². The van der Waals surface area contributed by atoms with Crippen molar-refractivity contribution in [2.45, 2.75) is 26.9 Å². The number of aryl methyl sites for hydroxylation is 2. The third-order valence-electron chi connectivity index (χ3n) is 4.09. The summed E-state index contributed by atoms with van der Waals surface area (Å²) in [6.45, 7) is 5.64. The summed E-state index contributed by atoms with van der Waals surface area (Å²) in [5.41, 5.74) is 2.40. The zero-order valence-electron chi connectivity index (χ0n) is 12.3. The molecule has 0 spiro atoms. The molecule has 2 nitrogen and oxygen atoms in total. The van der Waals surface area contributed by atoms with Crippen LogP contribution < -0.4 is 0 Å². The molecule has 0 saturated carbocycles. The van der Waals surface area contributed by atoms with Crippen LogP contribution >= 0.6 is 0 Å². The molecule has 108 valence electrons. The highest BCUT2D eigenvalue weighted by Gasteiger charge is 2.22. The van der Waals surface area contributed by atoms with Crippen LogP contribution in [0, 0.1) is 26.6 Å². The molecule has 21 heavy (non-hydrogen) atoms. The Hall–Kier alpha value is -2.13. The maximum atomic E-state index is 13.9. The van der Waals surface area contributed by atoms with E-state index >= 15 is 0 Å². The second-order valence-electron chi connectivity index (χ2n) is 5.34. The fraction of sp³-hybridized carbons (Fsp3) is 0.222. The van der Waals surface area contributed by atoms with Gasteiger partial charge in [0, 0.05) is 10.9 Å². The van der Waals surface area contributed by atoms with Gasteiger partial charge in [0.15, 0.2) is 0 Å². The Morgan fingerprint density at radius 2 is 1.62 bits per heavy atom. The smallest absolute Gasteiger partial charge is 0.131 e. The number of fused-ring (bicyclic) bond motifs is 1. The third kappa shape index (κ3) is 2.14. The maximum absolute atomic E-state index is 13.9. The number of aliphatic hydroxyl groups is 1. The lowest BCUT2D eigenvalue weighted by atomic mass is 9.93. The molecule has 0 aliphatic carbocycles. The number of aliphatic hydroxyl groups excluding tert-OH is 1. The summed E-state index contributed by atoms with van der Waals surface area (Å²) in [7, 11) is 0. The maximum Gasteiger partial charge on any atom is 0.131 e. The molecule has 1 heterocycles. The number of hydrogen-bond acceptors (Lipinski definition) is 2. The van der Waals surface area contributed by atoms with E-state index < -0.39 is 6.10 Å². The Bertz CT molecular complexity index is 817. The minimum absolute atomic E-state index is 0.279. The predicted molar refractivity (Wildman–Crippen MR) is 80.9 cm³/mol. The highest BCUT2D eigenvalue weighted by Crippen LogP contribution is 2.35. The summed E-state index contributed by atoms with van der Waals surface area (Å²) < 4.78 is 19.5. The van der Waals surface area contributed by atoms with Crippen LogP contribution in [0.1, 0.15) is 34.3 Å². The molecule has 0 aliphatic rings. The van der Waals surface area contributed by atoms with Crippen molar-refractivity contribution in [3.8, 4) is 0 Å². The summed E-state index contributed by atoms with van der Waals surface area (Å²) >= 11 is 0. The molecule has 3 heteroatoms. The summed E-state index contributed by atoms with van der Waals surface area (Å²) in [5.74, 6) is 1.22. The third-order valence-corrected chi connectivity index (χ3v) is 4.09. The van der Waals surface area contributed by atoms with Crippen LogP contribution in [0.3, 0.4) is 0 Å². The molecule has 1 aromatic heterocycles. The average molecular weight is 284 g/mol. The van der Waals surface area contributed by atoms with Crippen molar-refractivity contribution in [3.05, 3.63) is 70.4 Å². The molecule has 0 amide bonds. The van der Waals surface area contributed by atoms with E-state index in [1.807, 2.05) is 32.9 Å². The minimum Gasteiger partial charge on any atom is -0.466 e. The van der Waals surface area contributed by atoms with Crippen LogP contribution in [-0.2, 0) is 0 Å². The monoisotopic (exact) mass is 284 g/mol. The van der Waals surface area contributed by atoms with Crippen LogP contribution in [0.15, 0.2) is 40.8 Å². The van der Waals surface area contributed by atoms with Crippen LogP contribution in [-0.4, -0.2) is 5.11 Å². The average Bonchev–Trinajstić information content (AvgIpc) is 2.72. The van der Waals surface area contributed by atoms with Gasteiger partial charge in [-0.05, 0) is 43.4 Å². The van der Waals surface area contributed by atoms with E-state index in [9.17, 15) is 9.50 Å². The molecule has 1 unspecified atom stereocenters. The SMILES string of the molecule is Cc1oc(C)c(C(O)c2ccc(F)c3ccccc23)c1C. The summed E-state index contributed by atoms with van der Waals surface area (Å²) in [6.07, 6.45) is -0.826. The molecule has 0 bridgehead atoms. The highest BCUT2D eigenvalue weighted by atomic mass is 19.1. The number of benzene rings is 2. The van der Waals surface area contributed by atoms with E-state index in [0.717, 1.165) is 22.3 Å². The first-order valence-electron chi connectivity index (χ1n) is 6.92. The van der Waals surface area contributed by atoms with Crippen LogP contribution in [0.2, 0.25) is 0 Å². The minimum atomic E-state index is -0.826. The standard InChI is InChI=1S/C18H17FO2/c1-10-11(2)21-12(3)17(10)18(20)15-8-9-16(19)14-7-5-4-6-13(14)15/h4-9,18,20H,1-3H3. The van der Waals surface area contributed by atoms with Crippen molar-refractivity contribution < 1.29 is 13.9 Å². The Morgan fingerprint density at radius 1 is 0.952 bits per heavy atom. The van der Waals surface area contributed by atoms with Crippen LogP contribution in [0.4, 0.5) is 4.39 Å². The second kappa shape index (κ2) is 5.01. The van der Waals surface area contributed by atoms with Gasteiger partial charge in [0.2, 0.25) is 0 Å². The molecule has 0 radical (unpaired) electrons. The van der Waals surface area contributed by atoms with E-state index in [-0.39, 0.29) is 5.82 Å². The largest absolute Gasteiger partial charge is 0.466 e. The summed E-state index contributed by atoms with van der Waals surface area (Å²) in [6, 6.07) is 10.2. The Balaban J connectivity index is 2.23. The van der Waals surface area contributed by atoms with Gasteiger partial charge in [-0.3, -0.25) is 0 Å². The fourth-order valence-corrected chi connectivity index (χ4v) is 2.89. The lowest BCUT2D eigenvalue weighted by molar-refractivity contribution is 0.219. The van der Waals surface area contributed by atoms with Gasteiger partial charge < -0.3 is 9.52 Å². The summed E-state index contributed by atoms with van der Waals surface area (Å²) in [5, 5.41) is 12.0. The highest BCUT2D eigenvalue weighted by molar-refractivity contribution is 5.87. The van der Waals surface area contributed by atoms with Gasteiger partial charge in [-0.15, -0.1) is 0 Å². The molecule has 0 fully saturated rings. The molecular weight excluding hydrogens is 267 g/mol. The number of rotatable bonds is 2. The first-order valence-corrected chi connectivity index (χ1v) is 6.92. The van der Waals surface area contributed by atoms with Gasteiger partial charge in [-0.2, -0.15) is 0 Å². The molecule has 3 rings (SSSR count). The normalized spacial score (nSPS) is 12.8. The quantitative estimate of drug-likeness (QED) is 0.747. The zero-order valence-corrected chi connectivity index (χ0v) is 12.3. The first-order chi connectivity index (χ1) is 10.0. The number of hydrogen-bond donors (Lipinski definition) is 1. The van der Waals surface area contributed by atoms with Gasteiger partial charge in [-0.25, -0.2) is 4.39 Å². The van der Waals surface area contributed by atoms with Gasteiger partial charge in [0.1, 0.15) is 23.4 Å². The van der Waals surface area contributed by atoms with Crippen molar-refractivity contribution in [1.82, 2.24) is 0 Å². The van der Waals surface area contributed by atoms with Gasteiger partial charge in [0.05, 0.1) is 0 Å². The Kier molecular flexibility index (Phi) is 3.30. The topological polar surface area (TPSA) is 33.4 Å². The van der Waals surface area contributed by atoms with Gasteiger partial charge >= 0.3 is 0 Å². The molecule has 0 saturated heterocycles. The van der Waals surface area contributed by atoms with E-state index in [1.54, 1.807) is 18.2 Å². The van der Waals surface area contributed by atoms with E-state index in [4.69, 9.17) is 4.42 Å². The number of halogens is 1.